The van der Waals surface area contributed by atoms with Crippen molar-refractivity contribution >= 4 is 5.91 Å². The molecule has 1 aromatic rings. The van der Waals surface area contributed by atoms with Gasteiger partial charge in [0.05, 0.1) is 0 Å². The summed E-state index contributed by atoms with van der Waals surface area (Å²) in [6.45, 7) is 2.83. The van der Waals surface area contributed by atoms with Crippen molar-refractivity contribution in [2.75, 3.05) is 6.54 Å². The number of carbonyl (C=O) groups is 1. The van der Waals surface area contributed by atoms with Gasteiger partial charge in [-0.3, -0.25) is 4.79 Å². The quantitative estimate of drug-likeness (QED) is 0.807. The van der Waals surface area contributed by atoms with Crippen molar-refractivity contribution in [3.05, 3.63) is 35.4 Å². The highest BCUT2D eigenvalue weighted by atomic mass is 16.1. The molecule has 16 heavy (non-hydrogen) atoms. The maximum atomic E-state index is 11.9. The topological polar surface area (TPSA) is 29.1 Å². The Morgan fingerprint density at radius 1 is 1.38 bits per heavy atom. The molecular weight excluding hydrogens is 198 g/mol. The van der Waals surface area contributed by atoms with Gasteiger partial charge in [-0.2, -0.15) is 0 Å². The van der Waals surface area contributed by atoms with Crippen molar-refractivity contribution in [2.45, 2.75) is 32.6 Å². The molecule has 2 heteroatoms. The molecule has 2 nitrogen and oxygen atoms in total. The molecule has 1 aliphatic carbocycles. The van der Waals surface area contributed by atoms with E-state index in [9.17, 15) is 4.79 Å². The number of amides is 1. The summed E-state index contributed by atoms with van der Waals surface area (Å²) in [4.78, 5) is 11.9. The average molecular weight is 217 g/mol. The van der Waals surface area contributed by atoms with Crippen LogP contribution in [0.3, 0.4) is 0 Å². The zero-order valence-electron chi connectivity index (χ0n) is 9.83. The van der Waals surface area contributed by atoms with Crippen LogP contribution in [0.25, 0.3) is 0 Å². The Labute approximate surface area is 97.1 Å². The maximum Gasteiger partial charge on any atom is 0.251 e. The fourth-order valence-corrected chi connectivity index (χ4v) is 1.89. The zero-order valence-corrected chi connectivity index (χ0v) is 9.83. The van der Waals surface area contributed by atoms with E-state index in [2.05, 4.69) is 18.3 Å². The van der Waals surface area contributed by atoms with Crippen LogP contribution in [0.2, 0.25) is 0 Å². The molecule has 0 unspecified atom stereocenters. The molecule has 0 heterocycles. The molecule has 0 atom stereocenters. The second-order valence-electron chi connectivity index (χ2n) is 4.56. The molecular formula is C14H19NO. The molecule has 1 aromatic carbocycles. The van der Waals surface area contributed by atoms with E-state index in [1.165, 1.54) is 18.4 Å². The van der Waals surface area contributed by atoms with Gasteiger partial charge in [0, 0.05) is 12.1 Å². The summed E-state index contributed by atoms with van der Waals surface area (Å²) in [6.07, 6.45) is 4.70. The van der Waals surface area contributed by atoms with Gasteiger partial charge in [-0.25, -0.2) is 0 Å². The molecule has 0 radical (unpaired) electrons. The highest BCUT2D eigenvalue weighted by Crippen LogP contribution is 2.33. The highest BCUT2D eigenvalue weighted by Gasteiger charge is 2.23. The van der Waals surface area contributed by atoms with Crippen molar-refractivity contribution in [1.82, 2.24) is 5.32 Å². The third kappa shape index (κ3) is 2.84. The van der Waals surface area contributed by atoms with Gasteiger partial charge < -0.3 is 5.32 Å². The SMILES string of the molecule is CCCNC(=O)c1ccccc1CC1CC1. The van der Waals surface area contributed by atoms with Crippen molar-refractivity contribution in [3.63, 3.8) is 0 Å². The van der Waals surface area contributed by atoms with Gasteiger partial charge in [0.1, 0.15) is 0 Å². The lowest BCUT2D eigenvalue weighted by Crippen LogP contribution is -2.25. The first-order chi connectivity index (χ1) is 7.81. The number of nitrogens with one attached hydrogen (secondary N) is 1. The summed E-state index contributed by atoms with van der Waals surface area (Å²) in [5.74, 6) is 0.901. The van der Waals surface area contributed by atoms with Crippen LogP contribution >= 0.6 is 0 Å². The lowest BCUT2D eigenvalue weighted by Gasteiger charge is -2.09. The van der Waals surface area contributed by atoms with Gasteiger partial charge in [0.15, 0.2) is 0 Å². The van der Waals surface area contributed by atoms with Gasteiger partial charge in [0.25, 0.3) is 5.91 Å². The van der Waals surface area contributed by atoms with Crippen molar-refractivity contribution in [3.8, 4) is 0 Å². The van der Waals surface area contributed by atoms with E-state index in [1.54, 1.807) is 0 Å². The molecule has 1 saturated carbocycles. The fourth-order valence-electron chi connectivity index (χ4n) is 1.89. The Morgan fingerprint density at radius 2 is 2.12 bits per heavy atom. The minimum Gasteiger partial charge on any atom is -0.352 e. The van der Waals surface area contributed by atoms with Crippen LogP contribution in [-0.2, 0) is 6.42 Å². The minimum absolute atomic E-state index is 0.0816. The molecule has 0 aromatic heterocycles. The summed E-state index contributed by atoms with van der Waals surface area (Å²) in [6, 6.07) is 7.98. The zero-order chi connectivity index (χ0) is 11.4. The predicted molar refractivity (Wildman–Crippen MR) is 65.5 cm³/mol. The summed E-state index contributed by atoms with van der Waals surface area (Å²) in [7, 11) is 0. The number of hydrogen-bond donors (Lipinski definition) is 1. The second kappa shape index (κ2) is 5.15. The fraction of sp³-hybridized carbons (Fsp3) is 0.500. The molecule has 86 valence electrons. The Hall–Kier alpha value is -1.31. The van der Waals surface area contributed by atoms with Crippen LogP contribution in [0, 0.1) is 5.92 Å². The Balaban J connectivity index is 2.08. The monoisotopic (exact) mass is 217 g/mol. The summed E-state index contributed by atoms with van der Waals surface area (Å²) in [5, 5.41) is 2.94. The minimum atomic E-state index is 0.0816. The van der Waals surface area contributed by atoms with Gasteiger partial charge in [-0.05, 0) is 43.2 Å². The van der Waals surface area contributed by atoms with Crippen LogP contribution in [0.5, 0.6) is 0 Å². The maximum absolute atomic E-state index is 11.9. The lowest BCUT2D eigenvalue weighted by atomic mass is 10.0. The van der Waals surface area contributed by atoms with Crippen LogP contribution in [0.4, 0.5) is 0 Å². The Morgan fingerprint density at radius 3 is 2.81 bits per heavy atom. The summed E-state index contributed by atoms with van der Waals surface area (Å²) < 4.78 is 0. The van der Waals surface area contributed by atoms with E-state index in [0.717, 1.165) is 30.9 Å². The molecule has 0 spiro atoms. The molecule has 0 saturated heterocycles. The molecule has 1 N–H and O–H groups in total. The van der Waals surface area contributed by atoms with Crippen molar-refractivity contribution in [2.24, 2.45) is 5.92 Å². The average Bonchev–Trinajstić information content (AvgIpc) is 3.10. The van der Waals surface area contributed by atoms with Gasteiger partial charge in [-0.15, -0.1) is 0 Å². The third-order valence-electron chi connectivity index (χ3n) is 3.00. The number of carbonyl (C=O) groups excluding carboxylic acids is 1. The summed E-state index contributed by atoms with van der Waals surface area (Å²) >= 11 is 0. The van der Waals surface area contributed by atoms with Crippen LogP contribution < -0.4 is 5.32 Å². The lowest BCUT2D eigenvalue weighted by molar-refractivity contribution is 0.0952. The first-order valence-corrected chi connectivity index (χ1v) is 6.17. The largest absolute Gasteiger partial charge is 0.352 e. The van der Waals surface area contributed by atoms with E-state index in [4.69, 9.17) is 0 Å². The Bertz CT molecular complexity index is 369. The molecule has 1 aliphatic rings. The van der Waals surface area contributed by atoms with Gasteiger partial charge in [0.2, 0.25) is 0 Å². The van der Waals surface area contributed by atoms with Crippen LogP contribution in [0.1, 0.15) is 42.1 Å². The normalized spacial score (nSPS) is 14.8. The number of hydrogen-bond acceptors (Lipinski definition) is 1. The van der Waals surface area contributed by atoms with Gasteiger partial charge in [-0.1, -0.05) is 25.1 Å². The van der Waals surface area contributed by atoms with E-state index in [-0.39, 0.29) is 5.91 Å². The van der Waals surface area contributed by atoms with E-state index < -0.39 is 0 Å². The van der Waals surface area contributed by atoms with E-state index in [0.29, 0.717) is 0 Å². The van der Waals surface area contributed by atoms with Crippen LogP contribution in [0.15, 0.2) is 24.3 Å². The number of rotatable bonds is 5. The van der Waals surface area contributed by atoms with Crippen LogP contribution in [-0.4, -0.2) is 12.5 Å². The van der Waals surface area contributed by atoms with Gasteiger partial charge >= 0.3 is 0 Å². The molecule has 1 fully saturated rings. The summed E-state index contributed by atoms with van der Waals surface area (Å²) in [5.41, 5.74) is 2.07. The smallest absolute Gasteiger partial charge is 0.251 e. The molecule has 0 aliphatic heterocycles. The molecule has 0 bridgehead atoms. The Kier molecular flexibility index (Phi) is 3.60. The first-order valence-electron chi connectivity index (χ1n) is 6.17. The third-order valence-corrected chi connectivity index (χ3v) is 3.00. The molecule has 1 amide bonds. The first kappa shape index (κ1) is 11.2. The standard InChI is InChI=1S/C14H19NO/c1-2-9-15-14(16)13-6-4-3-5-12(13)10-11-7-8-11/h3-6,11H,2,7-10H2,1H3,(H,15,16). The van der Waals surface area contributed by atoms with E-state index >= 15 is 0 Å². The second-order valence-corrected chi connectivity index (χ2v) is 4.56. The van der Waals surface area contributed by atoms with Crippen molar-refractivity contribution in [1.29, 1.82) is 0 Å². The molecule has 2 rings (SSSR count). The highest BCUT2D eigenvalue weighted by molar-refractivity contribution is 5.95. The number of benzene rings is 1. The van der Waals surface area contributed by atoms with E-state index in [1.807, 2.05) is 18.2 Å². The predicted octanol–water partition coefficient (Wildman–Crippen LogP) is 2.78. The van der Waals surface area contributed by atoms with Crippen molar-refractivity contribution < 1.29 is 4.79 Å².